The molecule has 0 radical (unpaired) electrons. The number of rotatable bonds is 3. The number of ketones is 1. The monoisotopic (exact) mass is 396 g/mol. The zero-order valence-corrected chi connectivity index (χ0v) is 16.4. The fraction of sp³-hybridized carbons (Fsp3) is 0.429. The van der Waals surface area contributed by atoms with Gasteiger partial charge in [0.05, 0.1) is 37.9 Å². The molecule has 29 heavy (non-hydrogen) atoms. The van der Waals surface area contributed by atoms with Crippen molar-refractivity contribution in [2.75, 3.05) is 33.4 Å². The minimum Gasteiger partial charge on any atom is -0.504 e. The van der Waals surface area contributed by atoms with E-state index in [4.69, 9.17) is 15.2 Å². The third-order valence-corrected chi connectivity index (χ3v) is 5.69. The van der Waals surface area contributed by atoms with Crippen molar-refractivity contribution in [1.82, 2.24) is 10.0 Å². The van der Waals surface area contributed by atoms with Crippen LogP contribution in [0.2, 0.25) is 0 Å². The van der Waals surface area contributed by atoms with Gasteiger partial charge in [0.25, 0.3) is 0 Å². The van der Waals surface area contributed by atoms with Crippen molar-refractivity contribution < 1.29 is 19.4 Å². The van der Waals surface area contributed by atoms with Crippen LogP contribution in [0, 0.1) is 11.3 Å². The Morgan fingerprint density at radius 1 is 1.31 bits per heavy atom. The number of aromatic hydroxyl groups is 1. The van der Waals surface area contributed by atoms with Crippen molar-refractivity contribution in [3.05, 3.63) is 46.4 Å². The number of carbonyl (C=O) groups is 1. The van der Waals surface area contributed by atoms with Crippen LogP contribution in [0.5, 0.6) is 11.5 Å². The third kappa shape index (κ3) is 3.22. The molecule has 2 heterocycles. The predicted molar refractivity (Wildman–Crippen MR) is 104 cm³/mol. The third-order valence-electron chi connectivity index (χ3n) is 5.69. The van der Waals surface area contributed by atoms with Crippen LogP contribution in [-0.2, 0) is 9.53 Å². The number of nitrogens with two attached hydrogens (primary N) is 1. The molecule has 1 fully saturated rings. The first-order valence-corrected chi connectivity index (χ1v) is 9.72. The quantitative estimate of drug-likeness (QED) is 0.795. The summed E-state index contributed by atoms with van der Waals surface area (Å²) in [6.45, 7) is 2.42. The standard InChI is InChI=1S/C21H24N4O4/c1-28-18-11-13(5-6-16(18)26)19-14(12-22)21(23)25(24-7-9-29-10-8-24)15-3-2-4-17(27)20(15)19/h5-6,11,19,26H,2-4,7-10,23H2,1H3. The molecular formula is C21H24N4O4. The van der Waals surface area contributed by atoms with Crippen LogP contribution in [0.25, 0.3) is 0 Å². The summed E-state index contributed by atoms with van der Waals surface area (Å²) in [5.74, 6) is 0.0947. The molecule has 0 bridgehead atoms. The Labute approximate surface area is 169 Å². The van der Waals surface area contributed by atoms with Gasteiger partial charge in [-0.05, 0) is 30.5 Å². The van der Waals surface area contributed by atoms with Crippen LogP contribution in [0.4, 0.5) is 0 Å². The molecule has 8 heteroatoms. The molecule has 4 rings (SSSR count). The van der Waals surface area contributed by atoms with Crippen LogP contribution in [-0.4, -0.2) is 54.3 Å². The van der Waals surface area contributed by atoms with Gasteiger partial charge in [0.2, 0.25) is 0 Å². The average molecular weight is 396 g/mol. The predicted octanol–water partition coefficient (Wildman–Crippen LogP) is 1.75. The SMILES string of the molecule is COc1cc(C2C(C#N)=C(N)N(N3CCOCC3)C3=C2C(=O)CCC3)ccc1O. The number of methoxy groups -OCH3 is 1. The van der Waals surface area contributed by atoms with E-state index in [1.54, 1.807) is 12.1 Å². The van der Waals surface area contributed by atoms with Gasteiger partial charge in [-0.3, -0.25) is 9.80 Å². The first-order chi connectivity index (χ1) is 14.1. The maximum Gasteiger partial charge on any atom is 0.161 e. The lowest BCUT2D eigenvalue weighted by Gasteiger charge is -2.45. The van der Waals surface area contributed by atoms with Crippen molar-refractivity contribution in [1.29, 1.82) is 5.26 Å². The number of phenolic OH excluding ortho intramolecular Hbond substituents is 1. The van der Waals surface area contributed by atoms with Gasteiger partial charge in [-0.25, -0.2) is 5.01 Å². The fourth-order valence-corrected chi connectivity index (χ4v) is 4.35. The Morgan fingerprint density at radius 2 is 2.07 bits per heavy atom. The first-order valence-electron chi connectivity index (χ1n) is 9.72. The van der Waals surface area contributed by atoms with Gasteiger partial charge in [0, 0.05) is 30.8 Å². The molecule has 1 aromatic carbocycles. The number of carbonyl (C=O) groups excluding carboxylic acids is 1. The minimum atomic E-state index is -0.574. The number of allylic oxidation sites excluding steroid dienone is 3. The van der Waals surface area contributed by atoms with Crippen molar-refractivity contribution >= 4 is 5.78 Å². The van der Waals surface area contributed by atoms with Gasteiger partial charge in [-0.15, -0.1) is 0 Å². The molecule has 152 valence electrons. The maximum absolute atomic E-state index is 13.0. The highest BCUT2D eigenvalue weighted by molar-refractivity contribution is 5.99. The number of nitriles is 1. The van der Waals surface area contributed by atoms with Crippen molar-refractivity contribution in [3.8, 4) is 17.6 Å². The van der Waals surface area contributed by atoms with Crippen LogP contribution in [0.15, 0.2) is 40.9 Å². The fourth-order valence-electron chi connectivity index (χ4n) is 4.35. The number of hydrogen-bond donors (Lipinski definition) is 2. The molecule has 1 unspecified atom stereocenters. The molecule has 0 spiro atoms. The number of nitrogens with zero attached hydrogens (tertiary/aromatic N) is 3. The molecule has 1 atom stereocenters. The van der Waals surface area contributed by atoms with Crippen molar-refractivity contribution in [3.63, 3.8) is 0 Å². The smallest absolute Gasteiger partial charge is 0.161 e. The molecule has 2 aliphatic heterocycles. The van der Waals surface area contributed by atoms with Crippen molar-refractivity contribution in [2.45, 2.75) is 25.2 Å². The van der Waals surface area contributed by atoms with Crippen molar-refractivity contribution in [2.24, 2.45) is 5.73 Å². The molecule has 1 saturated heterocycles. The molecule has 1 aliphatic carbocycles. The Morgan fingerprint density at radius 3 is 2.76 bits per heavy atom. The highest BCUT2D eigenvalue weighted by Gasteiger charge is 2.42. The summed E-state index contributed by atoms with van der Waals surface area (Å²) in [6, 6.07) is 7.14. The number of hydrazine groups is 1. The zero-order valence-electron chi connectivity index (χ0n) is 16.4. The topological polar surface area (TPSA) is 112 Å². The molecule has 0 aromatic heterocycles. The van der Waals surface area contributed by atoms with E-state index in [0.717, 1.165) is 12.1 Å². The van der Waals surface area contributed by atoms with E-state index in [9.17, 15) is 15.2 Å². The number of Topliss-reactive ketones (excluding diaryl/α,β-unsaturated/α-hetero) is 1. The lowest BCUT2D eigenvalue weighted by atomic mass is 9.76. The molecule has 8 nitrogen and oxygen atoms in total. The van der Waals surface area contributed by atoms with E-state index in [1.165, 1.54) is 13.2 Å². The van der Waals surface area contributed by atoms with E-state index in [2.05, 4.69) is 11.1 Å². The highest BCUT2D eigenvalue weighted by Crippen LogP contribution is 2.46. The Balaban J connectivity index is 1.89. The normalized spacial score (nSPS) is 23.1. The van der Waals surface area contributed by atoms with E-state index >= 15 is 0 Å². The highest BCUT2D eigenvalue weighted by atomic mass is 16.5. The second-order valence-electron chi connectivity index (χ2n) is 7.29. The van der Waals surface area contributed by atoms with E-state index in [-0.39, 0.29) is 11.5 Å². The number of hydrogen-bond acceptors (Lipinski definition) is 8. The van der Waals surface area contributed by atoms with Gasteiger partial charge in [-0.2, -0.15) is 5.26 Å². The van der Waals surface area contributed by atoms with E-state index in [0.29, 0.717) is 67.4 Å². The van der Waals surface area contributed by atoms with E-state index in [1.807, 2.05) is 5.01 Å². The Bertz CT molecular complexity index is 940. The summed E-state index contributed by atoms with van der Waals surface area (Å²) in [6.07, 6.45) is 1.91. The lowest BCUT2D eigenvalue weighted by molar-refractivity contribution is -0.117. The number of morpholine rings is 1. The Hall–Kier alpha value is -3.02. The maximum atomic E-state index is 13.0. The molecule has 0 saturated carbocycles. The Kier molecular flexibility index (Phi) is 5.18. The van der Waals surface area contributed by atoms with Crippen LogP contribution in [0.3, 0.4) is 0 Å². The zero-order chi connectivity index (χ0) is 20.5. The molecule has 3 aliphatic rings. The molecular weight excluding hydrogens is 372 g/mol. The summed E-state index contributed by atoms with van der Waals surface area (Å²) in [5, 5.41) is 23.9. The average Bonchev–Trinajstić information content (AvgIpc) is 2.74. The van der Waals surface area contributed by atoms with Gasteiger partial charge in [0.1, 0.15) is 5.82 Å². The molecule has 3 N–H and O–H groups in total. The number of ether oxygens (including phenoxy) is 2. The lowest BCUT2D eigenvalue weighted by Crippen LogP contribution is -2.52. The van der Waals surface area contributed by atoms with Gasteiger partial charge >= 0.3 is 0 Å². The largest absolute Gasteiger partial charge is 0.504 e. The molecule has 0 amide bonds. The molecule has 1 aromatic rings. The van der Waals surface area contributed by atoms with Crippen LogP contribution in [0.1, 0.15) is 30.7 Å². The van der Waals surface area contributed by atoms with Gasteiger partial charge in [0.15, 0.2) is 17.3 Å². The first kappa shape index (κ1) is 19.3. The van der Waals surface area contributed by atoms with Crippen LogP contribution < -0.4 is 10.5 Å². The number of benzene rings is 1. The van der Waals surface area contributed by atoms with Crippen LogP contribution >= 0.6 is 0 Å². The number of phenols is 1. The van der Waals surface area contributed by atoms with E-state index < -0.39 is 5.92 Å². The summed E-state index contributed by atoms with van der Waals surface area (Å²) >= 11 is 0. The summed E-state index contributed by atoms with van der Waals surface area (Å²) in [5.41, 5.74) is 9.02. The van der Waals surface area contributed by atoms with Gasteiger partial charge < -0.3 is 20.3 Å². The summed E-state index contributed by atoms with van der Waals surface area (Å²) in [4.78, 5) is 13.0. The minimum absolute atomic E-state index is 0.00151. The summed E-state index contributed by atoms with van der Waals surface area (Å²) in [7, 11) is 1.46. The second kappa shape index (κ2) is 7.78. The summed E-state index contributed by atoms with van der Waals surface area (Å²) < 4.78 is 10.7. The second-order valence-corrected chi connectivity index (χ2v) is 7.29. The van der Waals surface area contributed by atoms with Gasteiger partial charge in [-0.1, -0.05) is 6.07 Å².